The van der Waals surface area contributed by atoms with Gasteiger partial charge in [0, 0.05) is 0 Å². The Morgan fingerprint density at radius 1 is 1.38 bits per heavy atom. The van der Waals surface area contributed by atoms with Crippen LogP contribution in [0.5, 0.6) is 0 Å². The first kappa shape index (κ1) is 11.7. The third-order valence-electron chi connectivity index (χ3n) is 0.814. The standard InChI is InChI=1S/C7H14N2O4/c1-7(2,3)12-6(11)9-13-5(10)4-8/h4,8H2,1-3H3,(H,9,11). The number of hydrogen-bond donors (Lipinski definition) is 2. The molecule has 0 heterocycles. The molecule has 13 heavy (non-hydrogen) atoms. The Balaban J connectivity index is 3.71. The van der Waals surface area contributed by atoms with Crippen molar-refractivity contribution in [3.05, 3.63) is 0 Å². The molecular weight excluding hydrogens is 176 g/mol. The van der Waals surface area contributed by atoms with E-state index in [4.69, 9.17) is 10.5 Å². The molecule has 0 atom stereocenters. The maximum Gasteiger partial charge on any atom is 0.441 e. The van der Waals surface area contributed by atoms with Gasteiger partial charge in [-0.3, -0.25) is 0 Å². The molecule has 6 nitrogen and oxygen atoms in total. The summed E-state index contributed by atoms with van der Waals surface area (Å²) < 4.78 is 4.76. The van der Waals surface area contributed by atoms with Crippen molar-refractivity contribution in [3.63, 3.8) is 0 Å². The molecule has 76 valence electrons. The Morgan fingerprint density at radius 3 is 2.31 bits per heavy atom. The number of hydrogen-bond acceptors (Lipinski definition) is 5. The molecule has 0 saturated carbocycles. The summed E-state index contributed by atoms with van der Waals surface area (Å²) >= 11 is 0. The van der Waals surface area contributed by atoms with Crippen molar-refractivity contribution in [1.29, 1.82) is 0 Å². The second kappa shape index (κ2) is 4.66. The monoisotopic (exact) mass is 190 g/mol. The Hall–Kier alpha value is -1.30. The lowest BCUT2D eigenvalue weighted by Gasteiger charge is -2.18. The van der Waals surface area contributed by atoms with Crippen molar-refractivity contribution >= 4 is 12.1 Å². The van der Waals surface area contributed by atoms with E-state index in [0.717, 1.165) is 0 Å². The average Bonchev–Trinajstić information content (AvgIpc) is 1.97. The van der Waals surface area contributed by atoms with Gasteiger partial charge in [0.1, 0.15) is 5.60 Å². The van der Waals surface area contributed by atoms with Crippen molar-refractivity contribution in [2.75, 3.05) is 6.54 Å². The topological polar surface area (TPSA) is 90.6 Å². The van der Waals surface area contributed by atoms with Crippen LogP contribution in [0.2, 0.25) is 0 Å². The first-order valence-electron chi connectivity index (χ1n) is 3.74. The molecule has 0 unspecified atom stereocenters. The van der Waals surface area contributed by atoms with Gasteiger partial charge in [0.25, 0.3) is 0 Å². The third kappa shape index (κ3) is 7.07. The molecule has 0 saturated heterocycles. The van der Waals surface area contributed by atoms with Crippen molar-refractivity contribution < 1.29 is 19.2 Å². The van der Waals surface area contributed by atoms with Gasteiger partial charge in [-0.05, 0) is 20.8 Å². The van der Waals surface area contributed by atoms with Gasteiger partial charge >= 0.3 is 12.1 Å². The van der Waals surface area contributed by atoms with Crippen LogP contribution in [0.25, 0.3) is 0 Å². The summed E-state index contributed by atoms with van der Waals surface area (Å²) in [6.45, 7) is 4.78. The van der Waals surface area contributed by atoms with Crippen LogP contribution >= 0.6 is 0 Å². The smallest absolute Gasteiger partial charge is 0.441 e. The van der Waals surface area contributed by atoms with Gasteiger partial charge < -0.3 is 15.3 Å². The fourth-order valence-electron chi connectivity index (χ4n) is 0.439. The first-order valence-corrected chi connectivity index (χ1v) is 3.74. The molecule has 0 aromatic carbocycles. The number of nitrogens with one attached hydrogen (secondary N) is 1. The molecule has 0 rings (SSSR count). The van der Waals surface area contributed by atoms with Gasteiger partial charge in [0.2, 0.25) is 0 Å². The van der Waals surface area contributed by atoms with E-state index in [1.165, 1.54) is 0 Å². The Bertz CT molecular complexity index is 197. The van der Waals surface area contributed by atoms with Crippen LogP contribution in [-0.4, -0.2) is 24.2 Å². The van der Waals surface area contributed by atoms with Crippen LogP contribution in [0.1, 0.15) is 20.8 Å². The Labute approximate surface area is 76.3 Å². The number of rotatable bonds is 1. The lowest BCUT2D eigenvalue weighted by molar-refractivity contribution is -0.148. The highest BCUT2D eigenvalue weighted by Gasteiger charge is 2.16. The average molecular weight is 190 g/mol. The summed E-state index contributed by atoms with van der Waals surface area (Å²) in [6, 6.07) is 0. The van der Waals surface area contributed by atoms with E-state index in [2.05, 4.69) is 4.84 Å². The molecule has 0 fully saturated rings. The molecule has 0 aromatic heterocycles. The van der Waals surface area contributed by atoms with E-state index in [1.54, 1.807) is 26.3 Å². The minimum Gasteiger partial charge on any atom is -0.442 e. The minimum atomic E-state index is -0.825. The maximum atomic E-state index is 10.8. The van der Waals surface area contributed by atoms with Gasteiger partial charge in [-0.1, -0.05) is 0 Å². The summed E-state index contributed by atoms with van der Waals surface area (Å²) in [7, 11) is 0. The van der Waals surface area contributed by atoms with E-state index >= 15 is 0 Å². The highest BCUT2D eigenvalue weighted by atomic mass is 16.7. The molecule has 0 spiro atoms. The first-order chi connectivity index (χ1) is 5.85. The van der Waals surface area contributed by atoms with Crippen LogP contribution in [0, 0.1) is 0 Å². The van der Waals surface area contributed by atoms with Crippen molar-refractivity contribution in [2.45, 2.75) is 26.4 Å². The van der Waals surface area contributed by atoms with Gasteiger partial charge in [0.15, 0.2) is 0 Å². The van der Waals surface area contributed by atoms with Gasteiger partial charge in [-0.15, -0.1) is 5.48 Å². The van der Waals surface area contributed by atoms with Gasteiger partial charge in [-0.2, -0.15) is 0 Å². The van der Waals surface area contributed by atoms with Crippen LogP contribution < -0.4 is 11.2 Å². The molecule has 0 aromatic rings. The second-order valence-corrected chi connectivity index (χ2v) is 3.28. The molecule has 0 aliphatic rings. The molecule has 0 aliphatic carbocycles. The quantitative estimate of drug-likeness (QED) is 0.565. The van der Waals surface area contributed by atoms with Crippen molar-refractivity contribution in [1.82, 2.24) is 5.48 Å². The SMILES string of the molecule is CC(C)(C)OC(=O)NOC(=O)CN. The summed E-state index contributed by atoms with van der Waals surface area (Å²) in [5.74, 6) is -0.731. The number of carbonyl (C=O) groups excluding carboxylic acids is 2. The van der Waals surface area contributed by atoms with E-state index in [9.17, 15) is 9.59 Å². The number of carbonyl (C=O) groups is 2. The summed E-state index contributed by atoms with van der Waals surface area (Å²) in [6.07, 6.45) is -0.825. The zero-order valence-corrected chi connectivity index (χ0v) is 7.92. The highest BCUT2D eigenvalue weighted by Crippen LogP contribution is 2.06. The van der Waals surface area contributed by atoms with E-state index < -0.39 is 17.7 Å². The Kier molecular flexibility index (Phi) is 4.19. The minimum absolute atomic E-state index is 0.296. The number of hydroxylamine groups is 1. The van der Waals surface area contributed by atoms with Crippen LogP contribution in [0.4, 0.5) is 4.79 Å². The summed E-state index contributed by atoms with van der Waals surface area (Å²) in [5, 5.41) is 0. The highest BCUT2D eigenvalue weighted by molar-refractivity contribution is 5.74. The molecule has 0 radical (unpaired) electrons. The summed E-state index contributed by atoms with van der Waals surface area (Å²) in [5.41, 5.74) is 6.09. The van der Waals surface area contributed by atoms with Crippen molar-refractivity contribution in [2.24, 2.45) is 5.73 Å². The van der Waals surface area contributed by atoms with Crippen molar-refractivity contribution in [3.8, 4) is 0 Å². The molecule has 0 aliphatic heterocycles. The molecule has 0 bridgehead atoms. The Morgan fingerprint density at radius 2 is 1.92 bits per heavy atom. The zero-order valence-electron chi connectivity index (χ0n) is 7.92. The van der Waals surface area contributed by atoms with Gasteiger partial charge in [-0.25, -0.2) is 9.59 Å². The predicted octanol–water partition coefficient (Wildman–Crippen LogP) is -0.0720. The van der Waals surface area contributed by atoms with E-state index in [1.807, 2.05) is 0 Å². The molecule has 1 amide bonds. The second-order valence-electron chi connectivity index (χ2n) is 3.28. The fraction of sp³-hybridized carbons (Fsp3) is 0.714. The lowest BCUT2D eigenvalue weighted by atomic mass is 10.2. The van der Waals surface area contributed by atoms with E-state index in [-0.39, 0.29) is 6.54 Å². The zero-order chi connectivity index (χ0) is 10.5. The number of ether oxygens (including phenoxy) is 1. The van der Waals surface area contributed by atoms with E-state index in [0.29, 0.717) is 0 Å². The number of nitrogens with two attached hydrogens (primary N) is 1. The largest absolute Gasteiger partial charge is 0.442 e. The number of amides is 1. The lowest BCUT2D eigenvalue weighted by Crippen LogP contribution is -2.35. The molecule has 3 N–H and O–H groups in total. The van der Waals surface area contributed by atoms with Gasteiger partial charge in [0.05, 0.1) is 6.54 Å². The molecule has 6 heteroatoms. The normalized spacial score (nSPS) is 10.5. The third-order valence-corrected chi connectivity index (χ3v) is 0.814. The van der Waals surface area contributed by atoms with Crippen LogP contribution in [-0.2, 0) is 14.4 Å². The summed E-state index contributed by atoms with van der Waals surface area (Å²) in [4.78, 5) is 25.5. The molecular formula is C7H14N2O4. The van der Waals surface area contributed by atoms with Crippen LogP contribution in [0.15, 0.2) is 0 Å². The fourth-order valence-corrected chi connectivity index (χ4v) is 0.439. The predicted molar refractivity (Wildman–Crippen MR) is 44.5 cm³/mol. The maximum absolute atomic E-state index is 10.8. The van der Waals surface area contributed by atoms with Crippen LogP contribution in [0.3, 0.4) is 0 Å².